The molecule has 100 valence electrons. The van der Waals surface area contributed by atoms with E-state index in [0.717, 1.165) is 25.9 Å². The Morgan fingerprint density at radius 2 is 1.76 bits per heavy atom. The van der Waals surface area contributed by atoms with Gasteiger partial charge in [0.2, 0.25) is 0 Å². The highest BCUT2D eigenvalue weighted by Crippen LogP contribution is 2.23. The molecule has 0 radical (unpaired) electrons. The van der Waals surface area contributed by atoms with Gasteiger partial charge >= 0.3 is 0 Å². The zero-order valence-corrected chi connectivity index (χ0v) is 11.2. The van der Waals surface area contributed by atoms with Crippen molar-refractivity contribution in [2.45, 2.75) is 25.0 Å². The van der Waals surface area contributed by atoms with E-state index in [9.17, 15) is 13.5 Å². The van der Waals surface area contributed by atoms with Crippen LogP contribution in [-0.4, -0.2) is 79.5 Å². The maximum atomic E-state index is 12.0. The SMILES string of the molecule is CN(C)S(=O)(=O)N1C[C@@H](O)[C@H](N2CCCC2)C1. The number of hydrogen-bond donors (Lipinski definition) is 1. The lowest BCUT2D eigenvalue weighted by atomic mass is 10.2. The molecule has 0 spiro atoms. The van der Waals surface area contributed by atoms with Gasteiger partial charge in [-0.3, -0.25) is 4.90 Å². The summed E-state index contributed by atoms with van der Waals surface area (Å²) in [7, 11) is -0.355. The Labute approximate surface area is 103 Å². The average molecular weight is 263 g/mol. The third-order valence-electron chi connectivity index (χ3n) is 3.62. The first-order valence-corrected chi connectivity index (χ1v) is 7.42. The minimum absolute atomic E-state index is 0.0350. The number of rotatable bonds is 3. The van der Waals surface area contributed by atoms with E-state index in [-0.39, 0.29) is 12.6 Å². The highest BCUT2D eigenvalue weighted by Gasteiger charge is 2.41. The van der Waals surface area contributed by atoms with Crippen molar-refractivity contribution >= 4 is 10.2 Å². The van der Waals surface area contributed by atoms with Gasteiger partial charge in [0.1, 0.15) is 0 Å². The van der Waals surface area contributed by atoms with E-state index in [0.29, 0.717) is 6.54 Å². The van der Waals surface area contributed by atoms with Crippen LogP contribution >= 0.6 is 0 Å². The minimum atomic E-state index is -3.39. The molecule has 0 aromatic carbocycles. The molecule has 6 nitrogen and oxygen atoms in total. The Balaban J connectivity index is 2.06. The Morgan fingerprint density at radius 1 is 1.18 bits per heavy atom. The van der Waals surface area contributed by atoms with Gasteiger partial charge in [-0.2, -0.15) is 17.0 Å². The summed E-state index contributed by atoms with van der Waals surface area (Å²) >= 11 is 0. The van der Waals surface area contributed by atoms with Gasteiger partial charge in [0.05, 0.1) is 12.1 Å². The lowest BCUT2D eigenvalue weighted by molar-refractivity contribution is 0.0982. The summed E-state index contributed by atoms with van der Waals surface area (Å²) in [5, 5.41) is 10.00. The summed E-state index contributed by atoms with van der Waals surface area (Å²) in [6.45, 7) is 2.55. The molecule has 2 atom stereocenters. The number of likely N-dealkylation sites (tertiary alicyclic amines) is 1. The van der Waals surface area contributed by atoms with Crippen molar-refractivity contribution in [3.63, 3.8) is 0 Å². The summed E-state index contributed by atoms with van der Waals surface area (Å²) in [5.41, 5.74) is 0. The zero-order valence-electron chi connectivity index (χ0n) is 10.4. The van der Waals surface area contributed by atoms with Gasteiger partial charge < -0.3 is 5.11 Å². The summed E-state index contributed by atoms with van der Waals surface area (Å²) in [6, 6.07) is -0.0350. The number of hydrogen-bond acceptors (Lipinski definition) is 4. The van der Waals surface area contributed by atoms with Crippen molar-refractivity contribution in [1.82, 2.24) is 13.5 Å². The maximum Gasteiger partial charge on any atom is 0.281 e. The van der Waals surface area contributed by atoms with Crippen molar-refractivity contribution in [2.75, 3.05) is 40.3 Å². The molecule has 1 N–H and O–H groups in total. The number of β-amino-alcohol motifs (C(OH)–C–C–N with tert-alkyl or cyclic N) is 1. The molecular formula is C10H21N3O3S. The molecule has 2 heterocycles. The van der Waals surface area contributed by atoms with Crippen LogP contribution in [0.15, 0.2) is 0 Å². The predicted molar refractivity (Wildman–Crippen MR) is 64.8 cm³/mol. The van der Waals surface area contributed by atoms with Crippen LogP contribution in [-0.2, 0) is 10.2 Å². The largest absolute Gasteiger partial charge is 0.390 e. The fourth-order valence-corrected chi connectivity index (χ4v) is 3.73. The first-order valence-electron chi connectivity index (χ1n) is 6.02. The molecular weight excluding hydrogens is 242 g/mol. The molecule has 0 bridgehead atoms. The molecule has 0 aromatic rings. The third-order valence-corrected chi connectivity index (χ3v) is 5.50. The van der Waals surface area contributed by atoms with Crippen LogP contribution in [0.4, 0.5) is 0 Å². The molecule has 0 saturated carbocycles. The van der Waals surface area contributed by atoms with E-state index < -0.39 is 16.3 Å². The quantitative estimate of drug-likeness (QED) is 0.704. The number of nitrogens with zero attached hydrogens (tertiary/aromatic N) is 3. The van der Waals surface area contributed by atoms with Crippen molar-refractivity contribution < 1.29 is 13.5 Å². The molecule has 2 aliphatic rings. The van der Waals surface area contributed by atoms with Crippen LogP contribution < -0.4 is 0 Å². The summed E-state index contributed by atoms with van der Waals surface area (Å²) in [5.74, 6) is 0. The van der Waals surface area contributed by atoms with Crippen LogP contribution in [0, 0.1) is 0 Å². The smallest absolute Gasteiger partial charge is 0.281 e. The fraction of sp³-hybridized carbons (Fsp3) is 1.00. The second-order valence-electron chi connectivity index (χ2n) is 4.98. The van der Waals surface area contributed by atoms with Crippen molar-refractivity contribution in [3.8, 4) is 0 Å². The molecule has 2 fully saturated rings. The monoisotopic (exact) mass is 263 g/mol. The van der Waals surface area contributed by atoms with E-state index in [1.165, 1.54) is 22.7 Å². The Hall–Kier alpha value is -0.210. The number of aliphatic hydroxyl groups is 1. The molecule has 7 heteroatoms. The van der Waals surface area contributed by atoms with E-state index in [1.807, 2.05) is 0 Å². The molecule has 2 aliphatic heterocycles. The molecule has 0 amide bonds. The lowest BCUT2D eigenvalue weighted by Gasteiger charge is -2.25. The highest BCUT2D eigenvalue weighted by molar-refractivity contribution is 7.86. The third kappa shape index (κ3) is 2.48. The van der Waals surface area contributed by atoms with Gasteiger partial charge in [-0.05, 0) is 25.9 Å². The average Bonchev–Trinajstić information content (AvgIpc) is 2.85. The molecule has 0 aliphatic carbocycles. The van der Waals surface area contributed by atoms with Crippen molar-refractivity contribution in [1.29, 1.82) is 0 Å². The van der Waals surface area contributed by atoms with Crippen molar-refractivity contribution in [3.05, 3.63) is 0 Å². The summed E-state index contributed by atoms with van der Waals surface area (Å²) < 4.78 is 26.5. The normalized spacial score (nSPS) is 32.7. The Morgan fingerprint density at radius 3 is 2.29 bits per heavy atom. The maximum absolute atomic E-state index is 12.0. The number of aliphatic hydroxyl groups excluding tert-OH is 1. The second-order valence-corrected chi connectivity index (χ2v) is 7.13. The van der Waals surface area contributed by atoms with Crippen LogP contribution in [0.25, 0.3) is 0 Å². The summed E-state index contributed by atoms with van der Waals surface area (Å²) in [4.78, 5) is 2.20. The van der Waals surface area contributed by atoms with E-state index in [2.05, 4.69) is 4.90 Å². The van der Waals surface area contributed by atoms with Gasteiger partial charge in [0, 0.05) is 27.2 Å². The first-order chi connectivity index (χ1) is 7.93. The highest BCUT2D eigenvalue weighted by atomic mass is 32.2. The molecule has 2 saturated heterocycles. The first kappa shape index (κ1) is 13.2. The minimum Gasteiger partial charge on any atom is -0.390 e. The van der Waals surface area contributed by atoms with E-state index in [1.54, 1.807) is 0 Å². The van der Waals surface area contributed by atoms with Gasteiger partial charge in [0.25, 0.3) is 10.2 Å². The second kappa shape index (κ2) is 4.81. The summed E-state index contributed by atoms with van der Waals surface area (Å²) in [6.07, 6.45) is 1.72. The van der Waals surface area contributed by atoms with Gasteiger partial charge in [0.15, 0.2) is 0 Å². The van der Waals surface area contributed by atoms with Crippen LogP contribution in [0.3, 0.4) is 0 Å². The Bertz CT molecular complexity index is 365. The van der Waals surface area contributed by atoms with Crippen LogP contribution in [0.2, 0.25) is 0 Å². The Kier molecular flexibility index (Phi) is 3.74. The topological polar surface area (TPSA) is 64.1 Å². The molecule has 2 rings (SSSR count). The van der Waals surface area contributed by atoms with Crippen molar-refractivity contribution in [2.24, 2.45) is 0 Å². The molecule has 0 aromatic heterocycles. The van der Waals surface area contributed by atoms with Gasteiger partial charge in [-0.25, -0.2) is 0 Å². The van der Waals surface area contributed by atoms with Gasteiger partial charge in [-0.1, -0.05) is 0 Å². The predicted octanol–water partition coefficient (Wildman–Crippen LogP) is -1.07. The van der Waals surface area contributed by atoms with Crippen LogP contribution in [0.1, 0.15) is 12.8 Å². The lowest BCUT2D eigenvalue weighted by Crippen LogP contribution is -2.42. The van der Waals surface area contributed by atoms with E-state index in [4.69, 9.17) is 0 Å². The fourth-order valence-electron chi connectivity index (χ4n) is 2.59. The molecule has 17 heavy (non-hydrogen) atoms. The van der Waals surface area contributed by atoms with Crippen LogP contribution in [0.5, 0.6) is 0 Å². The zero-order chi connectivity index (χ0) is 12.6. The van der Waals surface area contributed by atoms with E-state index >= 15 is 0 Å². The molecule has 0 unspecified atom stereocenters. The van der Waals surface area contributed by atoms with Gasteiger partial charge in [-0.15, -0.1) is 0 Å². The standard InChI is InChI=1S/C10H21N3O3S/c1-11(2)17(15,16)13-7-9(10(14)8-13)12-5-3-4-6-12/h9-10,14H,3-8H2,1-2H3/t9-,10-/m1/s1.